The molecule has 0 fully saturated rings. The lowest BCUT2D eigenvalue weighted by atomic mass is 10.00. The first-order valence-electron chi connectivity index (χ1n) is 9.02. The van der Waals surface area contributed by atoms with Gasteiger partial charge in [-0.3, -0.25) is 0 Å². The maximum atomic E-state index is 4.46. The van der Waals surface area contributed by atoms with E-state index in [-0.39, 0.29) is 0 Å². The molecule has 1 aliphatic heterocycles. The predicted molar refractivity (Wildman–Crippen MR) is 108 cm³/mol. The second kappa shape index (κ2) is 6.35. The molecule has 0 radical (unpaired) electrons. The largest absolute Gasteiger partial charge is 0.374 e. The molecule has 3 heterocycles. The van der Waals surface area contributed by atoms with Crippen molar-refractivity contribution in [3.63, 3.8) is 0 Å². The normalized spacial score (nSPS) is 14.2. The summed E-state index contributed by atoms with van der Waals surface area (Å²) < 4.78 is 0. The molecule has 1 aliphatic rings. The number of nitrogens with one attached hydrogen (secondary N) is 2. The van der Waals surface area contributed by atoms with Crippen LogP contribution in [0.5, 0.6) is 0 Å². The molecule has 2 N–H and O–H groups in total. The number of hydrogen-bond acceptors (Lipinski definition) is 6. The highest BCUT2D eigenvalue weighted by Crippen LogP contribution is 2.26. The van der Waals surface area contributed by atoms with E-state index in [9.17, 15) is 0 Å². The average molecular weight is 357 g/mol. The summed E-state index contributed by atoms with van der Waals surface area (Å²) in [6.45, 7) is 1.11. The van der Waals surface area contributed by atoms with Gasteiger partial charge >= 0.3 is 0 Å². The van der Waals surface area contributed by atoms with Gasteiger partial charge in [-0.15, -0.1) is 10.2 Å². The van der Waals surface area contributed by atoms with Crippen molar-refractivity contribution in [1.82, 2.24) is 20.2 Å². The quantitative estimate of drug-likeness (QED) is 0.434. The topological polar surface area (TPSA) is 82.1 Å². The molecule has 5 rings (SSSR count). The molecule has 7 nitrogen and oxygen atoms in total. The van der Waals surface area contributed by atoms with Crippen molar-refractivity contribution in [3.8, 4) is 0 Å². The van der Waals surface area contributed by atoms with Crippen LogP contribution in [0.15, 0.2) is 47.6 Å². The van der Waals surface area contributed by atoms with Crippen molar-refractivity contribution in [1.29, 1.82) is 0 Å². The fourth-order valence-electron chi connectivity index (χ4n) is 3.62. The van der Waals surface area contributed by atoms with Crippen molar-refractivity contribution in [3.05, 3.63) is 53.6 Å². The van der Waals surface area contributed by atoms with Crippen molar-refractivity contribution in [2.75, 3.05) is 23.9 Å². The van der Waals surface area contributed by atoms with Gasteiger partial charge in [-0.25, -0.2) is 5.43 Å². The van der Waals surface area contributed by atoms with Gasteiger partial charge in [0.25, 0.3) is 5.95 Å². The summed E-state index contributed by atoms with van der Waals surface area (Å²) in [5.41, 5.74) is 9.05. The van der Waals surface area contributed by atoms with E-state index in [4.69, 9.17) is 0 Å². The first-order valence-corrected chi connectivity index (χ1v) is 9.02. The number of aromatic nitrogens is 4. The fraction of sp³-hybridized carbons (Fsp3) is 0.200. The van der Waals surface area contributed by atoms with Crippen molar-refractivity contribution < 1.29 is 0 Å². The molecule has 2 aromatic carbocycles. The predicted octanol–water partition coefficient (Wildman–Crippen LogP) is 3.33. The van der Waals surface area contributed by atoms with Crippen LogP contribution in [0.4, 0.5) is 11.6 Å². The lowest BCUT2D eigenvalue weighted by Crippen LogP contribution is -2.24. The van der Waals surface area contributed by atoms with E-state index >= 15 is 0 Å². The van der Waals surface area contributed by atoms with Crippen molar-refractivity contribution >= 4 is 39.9 Å². The minimum Gasteiger partial charge on any atom is -0.374 e. The molecule has 2 aromatic heterocycles. The van der Waals surface area contributed by atoms with Gasteiger partial charge in [-0.1, -0.05) is 24.3 Å². The number of hydrazone groups is 1. The van der Waals surface area contributed by atoms with Gasteiger partial charge in [0, 0.05) is 30.2 Å². The van der Waals surface area contributed by atoms with Crippen LogP contribution in [-0.2, 0) is 6.42 Å². The number of hydrogen-bond donors (Lipinski definition) is 2. The Bertz CT molecular complexity index is 1160. The summed E-state index contributed by atoms with van der Waals surface area (Å²) in [7, 11) is 2.14. The second-order valence-corrected chi connectivity index (χ2v) is 6.79. The summed E-state index contributed by atoms with van der Waals surface area (Å²) in [5, 5.41) is 13.7. The standard InChI is InChI=1S/C20H19N7/c1-27-10-4-5-14-11-13(8-9-17(14)27)12-21-25-20-23-19-18(24-26-20)15-6-2-3-7-16(15)22-19/h2-3,6-9,11-12H,4-5,10H2,1H3,(H2,22,23,25,26). The fourth-order valence-corrected chi connectivity index (χ4v) is 3.62. The van der Waals surface area contributed by atoms with E-state index in [1.165, 1.54) is 17.7 Å². The third kappa shape index (κ3) is 2.87. The molecule has 0 atom stereocenters. The Morgan fingerprint density at radius 3 is 3.07 bits per heavy atom. The van der Waals surface area contributed by atoms with Gasteiger partial charge in [-0.05, 0) is 42.2 Å². The van der Waals surface area contributed by atoms with E-state index < -0.39 is 0 Å². The Morgan fingerprint density at radius 2 is 2.11 bits per heavy atom. The van der Waals surface area contributed by atoms with Crippen molar-refractivity contribution in [2.24, 2.45) is 5.10 Å². The zero-order chi connectivity index (χ0) is 18.2. The van der Waals surface area contributed by atoms with Crippen LogP contribution < -0.4 is 10.3 Å². The number of fused-ring (bicyclic) bond motifs is 4. The van der Waals surface area contributed by atoms with E-state index in [0.29, 0.717) is 11.6 Å². The van der Waals surface area contributed by atoms with Crippen LogP contribution >= 0.6 is 0 Å². The van der Waals surface area contributed by atoms with E-state index in [0.717, 1.165) is 34.9 Å². The molecule has 0 amide bonds. The van der Waals surface area contributed by atoms with E-state index in [1.807, 2.05) is 24.3 Å². The molecule has 0 bridgehead atoms. The lowest BCUT2D eigenvalue weighted by Gasteiger charge is -2.27. The summed E-state index contributed by atoms with van der Waals surface area (Å²) in [6, 6.07) is 14.4. The molecule has 0 aliphatic carbocycles. The van der Waals surface area contributed by atoms with Crippen molar-refractivity contribution in [2.45, 2.75) is 12.8 Å². The number of para-hydroxylation sites is 1. The number of anilines is 2. The van der Waals surface area contributed by atoms with Gasteiger partial charge in [0.05, 0.1) is 6.21 Å². The Kier molecular flexibility index (Phi) is 3.71. The number of aryl methyl sites for hydroxylation is 1. The lowest BCUT2D eigenvalue weighted by molar-refractivity contribution is 0.744. The number of rotatable bonds is 3. The maximum absolute atomic E-state index is 4.46. The molecule has 0 unspecified atom stereocenters. The monoisotopic (exact) mass is 357 g/mol. The van der Waals surface area contributed by atoms with Gasteiger partial charge in [0.2, 0.25) is 0 Å². The molecule has 134 valence electrons. The van der Waals surface area contributed by atoms with Gasteiger partial charge in [0.15, 0.2) is 5.65 Å². The Labute approximate surface area is 156 Å². The third-order valence-corrected chi connectivity index (χ3v) is 4.95. The molecular weight excluding hydrogens is 338 g/mol. The zero-order valence-electron chi connectivity index (χ0n) is 15.0. The van der Waals surface area contributed by atoms with Gasteiger partial charge < -0.3 is 9.88 Å². The highest BCUT2D eigenvalue weighted by Gasteiger charge is 2.13. The van der Waals surface area contributed by atoms with E-state index in [2.05, 4.69) is 60.8 Å². The van der Waals surface area contributed by atoms with E-state index in [1.54, 1.807) is 6.21 Å². The summed E-state index contributed by atoms with van der Waals surface area (Å²) in [6.07, 6.45) is 4.08. The minimum atomic E-state index is 0.364. The number of nitrogens with zero attached hydrogens (tertiary/aromatic N) is 5. The molecule has 4 aromatic rings. The Balaban J connectivity index is 1.37. The first-order chi connectivity index (χ1) is 13.3. The SMILES string of the molecule is CN1CCCc2cc(C=NNc3nnc4c(n3)[nH]c3ccccc34)ccc21. The number of benzene rings is 2. The highest BCUT2D eigenvalue weighted by molar-refractivity contribution is 6.03. The second-order valence-electron chi connectivity index (χ2n) is 6.79. The van der Waals surface area contributed by atoms with Crippen LogP contribution in [0.3, 0.4) is 0 Å². The number of H-pyrrole nitrogens is 1. The molecular formula is C20H19N7. The maximum Gasteiger partial charge on any atom is 0.265 e. The first kappa shape index (κ1) is 15.7. The average Bonchev–Trinajstić information content (AvgIpc) is 3.06. The number of aromatic amines is 1. The molecule has 7 heteroatoms. The smallest absolute Gasteiger partial charge is 0.265 e. The third-order valence-electron chi connectivity index (χ3n) is 4.95. The Hall–Kier alpha value is -3.48. The zero-order valence-corrected chi connectivity index (χ0v) is 15.0. The van der Waals surface area contributed by atoms with Gasteiger partial charge in [-0.2, -0.15) is 10.1 Å². The van der Waals surface area contributed by atoms with Crippen LogP contribution in [-0.4, -0.2) is 40.0 Å². The minimum absolute atomic E-state index is 0.364. The summed E-state index contributed by atoms with van der Waals surface area (Å²) in [4.78, 5) is 10.0. The molecule has 0 saturated carbocycles. The summed E-state index contributed by atoms with van der Waals surface area (Å²) >= 11 is 0. The van der Waals surface area contributed by atoms with Crippen LogP contribution in [0.1, 0.15) is 17.5 Å². The van der Waals surface area contributed by atoms with Gasteiger partial charge in [0.1, 0.15) is 5.52 Å². The van der Waals surface area contributed by atoms with Crippen LogP contribution in [0.25, 0.3) is 22.1 Å². The molecule has 0 saturated heterocycles. The molecule has 0 spiro atoms. The van der Waals surface area contributed by atoms with Crippen LogP contribution in [0.2, 0.25) is 0 Å². The highest BCUT2D eigenvalue weighted by atomic mass is 15.4. The van der Waals surface area contributed by atoms with Crippen LogP contribution in [0, 0.1) is 0 Å². The Morgan fingerprint density at radius 1 is 1.19 bits per heavy atom. The summed E-state index contributed by atoms with van der Waals surface area (Å²) in [5.74, 6) is 0.364. The molecule has 27 heavy (non-hydrogen) atoms.